The second-order valence-electron chi connectivity index (χ2n) is 0.283. The van der Waals surface area contributed by atoms with E-state index in [0.29, 0.717) is 0 Å². The number of rotatable bonds is 0. The van der Waals surface area contributed by atoms with Crippen LogP contribution in [0.15, 0.2) is 0 Å². The van der Waals surface area contributed by atoms with Crippen LogP contribution < -0.4 is 0 Å². The molecule has 34 valence electrons. The van der Waals surface area contributed by atoms with Gasteiger partial charge in [0.25, 0.3) is 0 Å². The van der Waals surface area contributed by atoms with E-state index in [9.17, 15) is 0 Å². The first-order valence-corrected chi connectivity index (χ1v) is 0.651. The first kappa shape index (κ1) is 16.3. The number of carbonyl (C=O) groups is 1. The Morgan fingerprint density at radius 3 is 1.33 bits per heavy atom. The SMILES string of the molecule is O=C(O)O.S.[Zn]. The van der Waals surface area contributed by atoms with E-state index in [4.69, 9.17) is 15.0 Å². The van der Waals surface area contributed by atoms with Crippen molar-refractivity contribution in [2.24, 2.45) is 0 Å². The summed E-state index contributed by atoms with van der Waals surface area (Å²) in [5, 5.41) is 13.9. The van der Waals surface area contributed by atoms with Gasteiger partial charge >= 0.3 is 6.16 Å². The average Bonchev–Trinajstić information content (AvgIpc) is 0.811. The molecule has 0 aromatic carbocycles. The van der Waals surface area contributed by atoms with Gasteiger partial charge in [-0.25, -0.2) is 4.79 Å². The molecule has 0 atom stereocenters. The van der Waals surface area contributed by atoms with Gasteiger partial charge in [-0.3, -0.25) is 0 Å². The molecule has 0 spiro atoms. The molecule has 0 aromatic rings. The van der Waals surface area contributed by atoms with Crippen molar-refractivity contribution in [1.29, 1.82) is 0 Å². The van der Waals surface area contributed by atoms with Crippen LogP contribution in [0.5, 0.6) is 0 Å². The standard InChI is InChI=1S/CH2O3.H2S.Zn/c2-1(3)4;;/h(H2,2,3,4);1H2;. The van der Waals surface area contributed by atoms with Crippen molar-refractivity contribution in [3.63, 3.8) is 0 Å². The van der Waals surface area contributed by atoms with Gasteiger partial charge in [0.05, 0.1) is 0 Å². The third-order valence-electron chi connectivity index (χ3n) is 0. The van der Waals surface area contributed by atoms with Gasteiger partial charge < -0.3 is 10.2 Å². The minimum absolute atomic E-state index is 0. The van der Waals surface area contributed by atoms with E-state index in [0.717, 1.165) is 0 Å². The average molecular weight is 161 g/mol. The van der Waals surface area contributed by atoms with Crippen molar-refractivity contribution in [2.45, 2.75) is 0 Å². The second kappa shape index (κ2) is 8.98. The molecule has 0 amide bonds. The van der Waals surface area contributed by atoms with Gasteiger partial charge in [-0.1, -0.05) is 0 Å². The Morgan fingerprint density at radius 1 is 1.33 bits per heavy atom. The van der Waals surface area contributed by atoms with Crippen LogP contribution in [0.3, 0.4) is 0 Å². The predicted molar refractivity (Wildman–Crippen MR) is 21.0 cm³/mol. The smallest absolute Gasteiger partial charge is 0.450 e. The molecule has 2 N–H and O–H groups in total. The molecule has 0 fully saturated rings. The second-order valence-corrected chi connectivity index (χ2v) is 0.283. The van der Waals surface area contributed by atoms with Gasteiger partial charge in [0.2, 0.25) is 0 Å². The van der Waals surface area contributed by atoms with Crippen molar-refractivity contribution < 1.29 is 34.5 Å². The molecule has 0 radical (unpaired) electrons. The van der Waals surface area contributed by atoms with Gasteiger partial charge in [-0.2, -0.15) is 13.5 Å². The predicted octanol–water partition coefficient (Wildman–Crippen LogP) is 0.333. The van der Waals surface area contributed by atoms with E-state index in [2.05, 4.69) is 0 Å². The third kappa shape index (κ3) is 754. The maximum absolute atomic E-state index is 8.56. The fraction of sp³-hybridized carbons (Fsp3) is 0. The van der Waals surface area contributed by atoms with Gasteiger partial charge in [0, 0.05) is 19.5 Å². The quantitative estimate of drug-likeness (QED) is 0.504. The summed E-state index contributed by atoms with van der Waals surface area (Å²) in [6.07, 6.45) is -1.83. The van der Waals surface area contributed by atoms with Gasteiger partial charge in [-0.15, -0.1) is 0 Å². The van der Waals surface area contributed by atoms with Crippen LogP contribution in [-0.2, 0) is 19.5 Å². The van der Waals surface area contributed by atoms with Crippen molar-refractivity contribution in [1.82, 2.24) is 0 Å². The molecule has 0 aromatic heterocycles. The summed E-state index contributed by atoms with van der Waals surface area (Å²) >= 11 is 0. The van der Waals surface area contributed by atoms with Crippen molar-refractivity contribution in [2.75, 3.05) is 0 Å². The Kier molecular flexibility index (Phi) is 24.4. The zero-order chi connectivity index (χ0) is 3.58. The summed E-state index contributed by atoms with van der Waals surface area (Å²) in [5.41, 5.74) is 0. The Balaban J connectivity index is -0.0000000450. The molecule has 0 unspecified atom stereocenters. The van der Waals surface area contributed by atoms with E-state index >= 15 is 0 Å². The van der Waals surface area contributed by atoms with Gasteiger partial charge in [0.15, 0.2) is 0 Å². The molecule has 3 nitrogen and oxygen atoms in total. The Morgan fingerprint density at radius 2 is 1.33 bits per heavy atom. The Bertz CT molecular complexity index is 33.8. The van der Waals surface area contributed by atoms with E-state index < -0.39 is 6.16 Å². The van der Waals surface area contributed by atoms with Crippen LogP contribution in [0.1, 0.15) is 0 Å². The van der Waals surface area contributed by atoms with Crippen LogP contribution in [0.2, 0.25) is 0 Å². The number of hydrogen-bond acceptors (Lipinski definition) is 1. The van der Waals surface area contributed by atoms with E-state index in [1.165, 1.54) is 0 Å². The number of hydrogen-bond donors (Lipinski definition) is 2. The molecular formula is CH4O3SZn. The minimum atomic E-state index is -1.83. The molecule has 0 heterocycles. The molecule has 0 aliphatic rings. The van der Waals surface area contributed by atoms with E-state index in [1.807, 2.05) is 0 Å². The molecule has 6 heavy (non-hydrogen) atoms. The summed E-state index contributed by atoms with van der Waals surface area (Å²) < 4.78 is 0. The molecular weight excluding hydrogens is 157 g/mol. The monoisotopic (exact) mass is 160 g/mol. The molecule has 0 saturated carbocycles. The molecule has 0 bridgehead atoms. The molecule has 0 rings (SSSR count). The summed E-state index contributed by atoms with van der Waals surface area (Å²) in [7, 11) is 0. The maximum atomic E-state index is 8.56. The topological polar surface area (TPSA) is 57.5 Å². The van der Waals surface area contributed by atoms with Crippen LogP contribution in [0.25, 0.3) is 0 Å². The van der Waals surface area contributed by atoms with Crippen LogP contribution >= 0.6 is 13.5 Å². The summed E-state index contributed by atoms with van der Waals surface area (Å²) in [4.78, 5) is 8.56. The zero-order valence-electron chi connectivity index (χ0n) is 3.01. The fourth-order valence-electron chi connectivity index (χ4n) is 0. The summed E-state index contributed by atoms with van der Waals surface area (Å²) in [5.74, 6) is 0. The summed E-state index contributed by atoms with van der Waals surface area (Å²) in [6, 6.07) is 0. The van der Waals surface area contributed by atoms with Crippen molar-refractivity contribution in [3.8, 4) is 0 Å². The molecule has 0 aliphatic heterocycles. The first-order valence-electron chi connectivity index (χ1n) is 0.651. The molecule has 0 aliphatic carbocycles. The first-order chi connectivity index (χ1) is 1.73. The van der Waals surface area contributed by atoms with E-state index in [1.54, 1.807) is 0 Å². The minimum Gasteiger partial charge on any atom is -0.450 e. The van der Waals surface area contributed by atoms with Crippen LogP contribution in [0, 0.1) is 0 Å². The zero-order valence-corrected chi connectivity index (χ0v) is 6.98. The molecule has 5 heteroatoms. The Hall–Kier alpha value is 0.243. The van der Waals surface area contributed by atoms with Crippen LogP contribution in [-0.4, -0.2) is 16.4 Å². The normalized spacial score (nSPS) is 4.00. The van der Waals surface area contributed by atoms with Gasteiger partial charge in [0.1, 0.15) is 0 Å². The maximum Gasteiger partial charge on any atom is 0.503 e. The van der Waals surface area contributed by atoms with Crippen LogP contribution in [0.4, 0.5) is 4.79 Å². The van der Waals surface area contributed by atoms with Crippen molar-refractivity contribution >= 4 is 19.7 Å². The molecule has 0 saturated heterocycles. The van der Waals surface area contributed by atoms with Gasteiger partial charge in [-0.05, 0) is 0 Å². The number of carboxylic acid groups (broad SMARTS) is 2. The Labute approximate surface area is 54.6 Å². The largest absolute Gasteiger partial charge is 0.503 e. The van der Waals surface area contributed by atoms with E-state index in [-0.39, 0.29) is 33.0 Å². The third-order valence-corrected chi connectivity index (χ3v) is 0. The van der Waals surface area contributed by atoms with Crippen molar-refractivity contribution in [3.05, 3.63) is 0 Å². The summed E-state index contributed by atoms with van der Waals surface area (Å²) in [6.45, 7) is 0. The fourth-order valence-corrected chi connectivity index (χ4v) is 0.